The number of carbonyl (C=O) groups excluding carboxylic acids is 1. The predicted molar refractivity (Wildman–Crippen MR) is 59.6 cm³/mol. The van der Waals surface area contributed by atoms with E-state index in [2.05, 4.69) is 11.7 Å². The molecule has 1 atom stereocenters. The van der Waals surface area contributed by atoms with E-state index in [-0.39, 0.29) is 0 Å². The van der Waals surface area contributed by atoms with Crippen LogP contribution in [-0.2, 0) is 9.53 Å². The molecule has 0 heterocycles. The summed E-state index contributed by atoms with van der Waals surface area (Å²) in [7, 11) is 0. The van der Waals surface area contributed by atoms with Crippen LogP contribution in [-0.4, -0.2) is 18.2 Å². The summed E-state index contributed by atoms with van der Waals surface area (Å²) in [5.74, 6) is -2.07. The second-order valence-electron chi connectivity index (χ2n) is 4.14. The fraction of sp³-hybridized carbons (Fsp3) is 0.917. The van der Waals surface area contributed by atoms with E-state index in [0.717, 1.165) is 32.1 Å². The van der Waals surface area contributed by atoms with E-state index in [0.29, 0.717) is 12.8 Å². The van der Waals surface area contributed by atoms with Gasteiger partial charge in [0.2, 0.25) is 0 Å². The molecule has 0 aromatic heterocycles. The molecule has 5 heteroatoms. The lowest BCUT2D eigenvalue weighted by atomic mass is 10.1. The summed E-state index contributed by atoms with van der Waals surface area (Å²) in [5.41, 5.74) is 0. The summed E-state index contributed by atoms with van der Waals surface area (Å²) in [6.07, 6.45) is 0.593. The molecule has 0 fully saturated rings. The van der Waals surface area contributed by atoms with Crippen molar-refractivity contribution in [3.05, 3.63) is 0 Å². The molecular formula is C12H21F3O2. The number of carbonyl (C=O) groups is 1. The second kappa shape index (κ2) is 8.37. The lowest BCUT2D eigenvalue weighted by molar-refractivity contribution is -0.205. The highest BCUT2D eigenvalue weighted by molar-refractivity contribution is 5.75. The van der Waals surface area contributed by atoms with Crippen molar-refractivity contribution in [2.75, 3.05) is 0 Å². The third-order valence-corrected chi connectivity index (χ3v) is 2.59. The first-order chi connectivity index (χ1) is 7.91. The molecule has 0 aromatic carbocycles. The standard InChI is InChI=1S/C12H21F3O2/c1-3-5-6-7-8-9-10(4-2)17-11(16)12(13,14)15/h10H,3-9H2,1-2H3. The molecule has 102 valence electrons. The van der Waals surface area contributed by atoms with Crippen LogP contribution in [0.5, 0.6) is 0 Å². The molecule has 0 bridgehead atoms. The Morgan fingerprint density at radius 2 is 1.71 bits per heavy atom. The number of hydrogen-bond donors (Lipinski definition) is 0. The Bertz CT molecular complexity index is 214. The molecule has 0 aromatic rings. The Labute approximate surface area is 101 Å². The highest BCUT2D eigenvalue weighted by atomic mass is 19.4. The van der Waals surface area contributed by atoms with Crippen LogP contribution in [0.15, 0.2) is 0 Å². The third kappa shape index (κ3) is 8.05. The van der Waals surface area contributed by atoms with Crippen LogP contribution in [0.4, 0.5) is 13.2 Å². The molecule has 0 radical (unpaired) electrons. The molecule has 0 N–H and O–H groups in total. The fourth-order valence-corrected chi connectivity index (χ4v) is 1.54. The van der Waals surface area contributed by atoms with Gasteiger partial charge in [-0.05, 0) is 19.3 Å². The lowest BCUT2D eigenvalue weighted by Gasteiger charge is -2.16. The molecule has 0 saturated heterocycles. The molecule has 0 rings (SSSR count). The van der Waals surface area contributed by atoms with E-state index in [4.69, 9.17) is 0 Å². The average Bonchev–Trinajstić information content (AvgIpc) is 2.25. The Kier molecular flexibility index (Phi) is 8.00. The van der Waals surface area contributed by atoms with Crippen molar-refractivity contribution in [3.8, 4) is 0 Å². The maximum Gasteiger partial charge on any atom is 0.490 e. The van der Waals surface area contributed by atoms with Crippen LogP contribution in [0.1, 0.15) is 58.8 Å². The minimum Gasteiger partial charge on any atom is -0.456 e. The Morgan fingerprint density at radius 1 is 1.12 bits per heavy atom. The zero-order valence-electron chi connectivity index (χ0n) is 10.5. The fourth-order valence-electron chi connectivity index (χ4n) is 1.54. The van der Waals surface area contributed by atoms with E-state index < -0.39 is 18.2 Å². The van der Waals surface area contributed by atoms with E-state index in [1.165, 1.54) is 0 Å². The summed E-state index contributed by atoms with van der Waals surface area (Å²) < 4.78 is 40.3. The topological polar surface area (TPSA) is 26.3 Å². The summed E-state index contributed by atoms with van der Waals surface area (Å²) in [6, 6.07) is 0. The molecule has 0 saturated carbocycles. The van der Waals surface area contributed by atoms with Crippen LogP contribution in [0, 0.1) is 0 Å². The number of unbranched alkanes of at least 4 members (excludes halogenated alkanes) is 4. The molecular weight excluding hydrogens is 233 g/mol. The van der Waals surface area contributed by atoms with E-state index in [1.807, 2.05) is 0 Å². The van der Waals surface area contributed by atoms with Gasteiger partial charge in [-0.2, -0.15) is 13.2 Å². The van der Waals surface area contributed by atoms with Crippen LogP contribution >= 0.6 is 0 Å². The minimum atomic E-state index is -4.88. The van der Waals surface area contributed by atoms with Gasteiger partial charge in [0.15, 0.2) is 0 Å². The van der Waals surface area contributed by atoms with Crippen molar-refractivity contribution in [1.29, 1.82) is 0 Å². The number of hydrogen-bond acceptors (Lipinski definition) is 2. The van der Waals surface area contributed by atoms with Crippen LogP contribution < -0.4 is 0 Å². The zero-order chi connectivity index (χ0) is 13.3. The maximum atomic E-state index is 12.0. The summed E-state index contributed by atoms with van der Waals surface area (Å²) in [6.45, 7) is 3.82. The van der Waals surface area contributed by atoms with Crippen molar-refractivity contribution in [2.45, 2.75) is 71.1 Å². The van der Waals surface area contributed by atoms with Gasteiger partial charge < -0.3 is 4.74 Å². The molecule has 0 aliphatic carbocycles. The summed E-state index contributed by atoms with van der Waals surface area (Å²) in [5, 5.41) is 0. The van der Waals surface area contributed by atoms with Crippen LogP contribution in [0.25, 0.3) is 0 Å². The minimum absolute atomic E-state index is 0.426. The summed E-state index contributed by atoms with van der Waals surface area (Å²) >= 11 is 0. The van der Waals surface area contributed by atoms with Crippen LogP contribution in [0.3, 0.4) is 0 Å². The van der Waals surface area contributed by atoms with E-state index in [1.54, 1.807) is 6.92 Å². The van der Waals surface area contributed by atoms with Crippen LogP contribution in [0.2, 0.25) is 0 Å². The Hall–Kier alpha value is -0.740. The first kappa shape index (κ1) is 16.3. The molecule has 1 unspecified atom stereocenters. The highest BCUT2D eigenvalue weighted by Gasteiger charge is 2.41. The average molecular weight is 254 g/mol. The molecule has 0 spiro atoms. The van der Waals surface area contributed by atoms with Crippen molar-refractivity contribution < 1.29 is 22.7 Å². The van der Waals surface area contributed by atoms with Gasteiger partial charge in [0.1, 0.15) is 6.10 Å². The van der Waals surface area contributed by atoms with Gasteiger partial charge in [0.25, 0.3) is 0 Å². The molecule has 0 amide bonds. The van der Waals surface area contributed by atoms with E-state index >= 15 is 0 Å². The van der Waals surface area contributed by atoms with Gasteiger partial charge in [0, 0.05) is 0 Å². The number of ether oxygens (including phenoxy) is 1. The molecule has 0 aliphatic heterocycles. The number of alkyl halides is 3. The molecule has 17 heavy (non-hydrogen) atoms. The first-order valence-corrected chi connectivity index (χ1v) is 6.19. The Balaban J connectivity index is 3.81. The van der Waals surface area contributed by atoms with Gasteiger partial charge in [-0.3, -0.25) is 0 Å². The number of rotatable bonds is 8. The normalized spacial score (nSPS) is 13.5. The number of esters is 1. The van der Waals surface area contributed by atoms with Crippen molar-refractivity contribution in [3.63, 3.8) is 0 Å². The number of halogens is 3. The van der Waals surface area contributed by atoms with E-state index in [9.17, 15) is 18.0 Å². The largest absolute Gasteiger partial charge is 0.490 e. The van der Waals surface area contributed by atoms with Crippen molar-refractivity contribution in [1.82, 2.24) is 0 Å². The maximum absolute atomic E-state index is 12.0. The van der Waals surface area contributed by atoms with Gasteiger partial charge in [0.05, 0.1) is 0 Å². The summed E-state index contributed by atoms with van der Waals surface area (Å²) in [4.78, 5) is 10.6. The first-order valence-electron chi connectivity index (χ1n) is 6.19. The SMILES string of the molecule is CCCCCCCC(CC)OC(=O)C(F)(F)F. The Morgan fingerprint density at radius 3 is 2.18 bits per heavy atom. The quantitative estimate of drug-likeness (QED) is 0.478. The lowest BCUT2D eigenvalue weighted by Crippen LogP contribution is -2.29. The third-order valence-electron chi connectivity index (χ3n) is 2.59. The monoisotopic (exact) mass is 254 g/mol. The van der Waals surface area contributed by atoms with Gasteiger partial charge in [-0.1, -0.05) is 39.5 Å². The van der Waals surface area contributed by atoms with Gasteiger partial charge in [-0.25, -0.2) is 4.79 Å². The van der Waals surface area contributed by atoms with Gasteiger partial charge in [-0.15, -0.1) is 0 Å². The van der Waals surface area contributed by atoms with Crippen molar-refractivity contribution in [2.24, 2.45) is 0 Å². The molecule has 2 nitrogen and oxygen atoms in total. The van der Waals surface area contributed by atoms with Gasteiger partial charge >= 0.3 is 12.1 Å². The molecule has 0 aliphatic rings. The van der Waals surface area contributed by atoms with Crippen molar-refractivity contribution >= 4 is 5.97 Å². The smallest absolute Gasteiger partial charge is 0.456 e. The zero-order valence-corrected chi connectivity index (χ0v) is 10.5. The predicted octanol–water partition coefficient (Wildman–Crippen LogP) is 4.23. The second-order valence-corrected chi connectivity index (χ2v) is 4.14. The highest BCUT2D eigenvalue weighted by Crippen LogP contribution is 2.20.